The van der Waals surface area contributed by atoms with Crippen molar-refractivity contribution in [1.29, 1.82) is 0 Å². The number of hydrogen-bond donors (Lipinski definition) is 1. The van der Waals surface area contributed by atoms with E-state index in [2.05, 4.69) is 5.10 Å². The summed E-state index contributed by atoms with van der Waals surface area (Å²) in [6, 6.07) is 5.36. The molecule has 0 saturated carbocycles. The third-order valence-corrected chi connectivity index (χ3v) is 2.71. The fourth-order valence-corrected chi connectivity index (χ4v) is 1.70. The fourth-order valence-electron chi connectivity index (χ4n) is 1.70. The Bertz CT molecular complexity index is 558. The van der Waals surface area contributed by atoms with Gasteiger partial charge in [-0.1, -0.05) is 0 Å². The van der Waals surface area contributed by atoms with Gasteiger partial charge in [0, 0.05) is 30.9 Å². The lowest BCUT2D eigenvalue weighted by Crippen LogP contribution is -2.04. The topological polar surface area (TPSA) is 60.9 Å². The maximum Gasteiger partial charge on any atom is 0.167 e. The predicted octanol–water partition coefficient (Wildman–Crippen LogP) is 1.74. The van der Waals surface area contributed by atoms with Crippen LogP contribution in [0.2, 0.25) is 0 Å². The molecule has 88 valence electrons. The third kappa shape index (κ3) is 2.53. The van der Waals surface area contributed by atoms with Gasteiger partial charge in [-0.3, -0.25) is 9.48 Å². The van der Waals surface area contributed by atoms with Crippen LogP contribution in [0.3, 0.4) is 0 Å². The second-order valence-corrected chi connectivity index (χ2v) is 4.19. The molecule has 0 bridgehead atoms. The van der Waals surface area contributed by atoms with E-state index in [0.29, 0.717) is 17.7 Å². The van der Waals surface area contributed by atoms with Crippen LogP contribution in [-0.4, -0.2) is 15.6 Å². The summed E-state index contributed by atoms with van der Waals surface area (Å²) in [5, 5.41) is 4.04. The number of benzene rings is 1. The lowest BCUT2D eigenvalue weighted by molar-refractivity contribution is 0.0993. The molecule has 0 amide bonds. The van der Waals surface area contributed by atoms with Crippen LogP contribution in [0.4, 0.5) is 5.69 Å². The number of hydrogen-bond acceptors (Lipinski definition) is 3. The normalized spacial score (nSPS) is 10.5. The molecule has 1 aromatic carbocycles. The highest BCUT2D eigenvalue weighted by Crippen LogP contribution is 2.14. The summed E-state index contributed by atoms with van der Waals surface area (Å²) in [5.41, 5.74) is 8.98. The Morgan fingerprint density at radius 2 is 2.24 bits per heavy atom. The molecule has 0 aliphatic heterocycles. The number of ketones is 1. The molecular weight excluding hydrogens is 214 g/mol. The van der Waals surface area contributed by atoms with Crippen LogP contribution in [-0.2, 0) is 13.5 Å². The number of Topliss-reactive ketones (excluding diaryl/α,β-unsaturated/α-hetero) is 1. The van der Waals surface area contributed by atoms with Gasteiger partial charge in [0.05, 0.1) is 6.20 Å². The van der Waals surface area contributed by atoms with Crippen molar-refractivity contribution >= 4 is 11.5 Å². The predicted molar refractivity (Wildman–Crippen MR) is 66.8 cm³/mol. The van der Waals surface area contributed by atoms with Gasteiger partial charge in [-0.2, -0.15) is 5.10 Å². The van der Waals surface area contributed by atoms with Crippen molar-refractivity contribution in [3.8, 4) is 0 Å². The van der Waals surface area contributed by atoms with Gasteiger partial charge < -0.3 is 5.73 Å². The molecule has 1 aromatic heterocycles. The average molecular weight is 229 g/mol. The molecule has 2 aromatic rings. The summed E-state index contributed by atoms with van der Waals surface area (Å²) in [6.45, 7) is 1.90. The maximum atomic E-state index is 12.0. The minimum atomic E-state index is 0.0844. The molecule has 1 heterocycles. The van der Waals surface area contributed by atoms with E-state index in [1.165, 1.54) is 0 Å². The summed E-state index contributed by atoms with van der Waals surface area (Å²) in [7, 11) is 1.83. The van der Waals surface area contributed by atoms with E-state index >= 15 is 0 Å². The van der Waals surface area contributed by atoms with Crippen molar-refractivity contribution in [1.82, 2.24) is 9.78 Å². The van der Waals surface area contributed by atoms with Gasteiger partial charge in [-0.25, -0.2) is 0 Å². The van der Waals surface area contributed by atoms with Gasteiger partial charge in [-0.05, 0) is 36.2 Å². The van der Waals surface area contributed by atoms with Crippen LogP contribution in [0.25, 0.3) is 0 Å². The Kier molecular flexibility index (Phi) is 2.95. The lowest BCUT2D eigenvalue weighted by Gasteiger charge is -2.03. The van der Waals surface area contributed by atoms with Crippen LogP contribution >= 0.6 is 0 Å². The van der Waals surface area contributed by atoms with Gasteiger partial charge in [0.1, 0.15) is 0 Å². The number of carbonyl (C=O) groups excluding carboxylic acids is 1. The molecule has 0 radical (unpaired) electrons. The summed E-state index contributed by atoms with van der Waals surface area (Å²) in [5.74, 6) is 0.0844. The minimum absolute atomic E-state index is 0.0844. The molecule has 17 heavy (non-hydrogen) atoms. The van der Waals surface area contributed by atoms with E-state index < -0.39 is 0 Å². The van der Waals surface area contributed by atoms with Gasteiger partial charge in [0.15, 0.2) is 5.78 Å². The number of nitrogens with two attached hydrogens (primary N) is 1. The van der Waals surface area contributed by atoms with E-state index in [0.717, 1.165) is 11.1 Å². The molecule has 0 unspecified atom stereocenters. The summed E-state index contributed by atoms with van der Waals surface area (Å²) >= 11 is 0. The number of aromatic nitrogens is 2. The fraction of sp³-hybridized carbons (Fsp3) is 0.231. The van der Waals surface area contributed by atoms with E-state index in [9.17, 15) is 4.79 Å². The average Bonchev–Trinajstić information content (AvgIpc) is 2.68. The molecule has 0 atom stereocenters. The standard InChI is InChI=1S/C13H15N3O/c1-9-5-11(3-4-12(9)14)13(17)6-10-7-15-16(2)8-10/h3-5,7-8H,6,14H2,1-2H3. The van der Waals surface area contributed by atoms with E-state index in [4.69, 9.17) is 5.73 Å². The highest BCUT2D eigenvalue weighted by molar-refractivity contribution is 5.98. The van der Waals surface area contributed by atoms with Crippen molar-refractivity contribution in [2.45, 2.75) is 13.3 Å². The second kappa shape index (κ2) is 4.41. The van der Waals surface area contributed by atoms with Crippen LogP contribution in [0, 0.1) is 6.92 Å². The maximum absolute atomic E-state index is 12.0. The molecule has 2 rings (SSSR count). The van der Waals surface area contributed by atoms with Gasteiger partial charge in [-0.15, -0.1) is 0 Å². The minimum Gasteiger partial charge on any atom is -0.399 e. The number of carbonyl (C=O) groups is 1. The van der Waals surface area contributed by atoms with Gasteiger partial charge >= 0.3 is 0 Å². The van der Waals surface area contributed by atoms with Crippen LogP contribution < -0.4 is 5.73 Å². The van der Waals surface area contributed by atoms with Crippen LogP contribution in [0.1, 0.15) is 21.5 Å². The Morgan fingerprint density at radius 1 is 1.47 bits per heavy atom. The van der Waals surface area contributed by atoms with Crippen molar-refractivity contribution in [3.05, 3.63) is 47.3 Å². The van der Waals surface area contributed by atoms with Crippen molar-refractivity contribution in [2.24, 2.45) is 7.05 Å². The lowest BCUT2D eigenvalue weighted by atomic mass is 10.0. The number of nitrogen functional groups attached to an aromatic ring is 1. The Hall–Kier alpha value is -2.10. The van der Waals surface area contributed by atoms with Crippen molar-refractivity contribution in [3.63, 3.8) is 0 Å². The first-order valence-electron chi connectivity index (χ1n) is 5.43. The first kappa shape index (κ1) is 11.4. The Morgan fingerprint density at radius 3 is 2.82 bits per heavy atom. The highest BCUT2D eigenvalue weighted by atomic mass is 16.1. The zero-order valence-electron chi connectivity index (χ0n) is 9.97. The van der Waals surface area contributed by atoms with Crippen LogP contribution in [0.5, 0.6) is 0 Å². The first-order valence-corrected chi connectivity index (χ1v) is 5.43. The summed E-state index contributed by atoms with van der Waals surface area (Å²) in [6.07, 6.45) is 3.93. The quantitative estimate of drug-likeness (QED) is 0.644. The zero-order chi connectivity index (χ0) is 12.4. The SMILES string of the molecule is Cc1cc(C(=O)Cc2cnn(C)c2)ccc1N. The molecule has 0 saturated heterocycles. The van der Waals surface area contributed by atoms with Gasteiger partial charge in [0.25, 0.3) is 0 Å². The summed E-state index contributed by atoms with van der Waals surface area (Å²) < 4.78 is 1.69. The van der Waals surface area contributed by atoms with E-state index in [1.54, 1.807) is 23.0 Å². The second-order valence-electron chi connectivity index (χ2n) is 4.19. The Balaban J connectivity index is 2.17. The van der Waals surface area contributed by atoms with E-state index in [-0.39, 0.29) is 5.78 Å². The number of rotatable bonds is 3. The molecule has 4 heteroatoms. The molecule has 0 aliphatic rings. The zero-order valence-corrected chi connectivity index (χ0v) is 9.97. The smallest absolute Gasteiger partial charge is 0.167 e. The van der Waals surface area contributed by atoms with E-state index in [1.807, 2.05) is 26.2 Å². The monoisotopic (exact) mass is 229 g/mol. The van der Waals surface area contributed by atoms with Crippen molar-refractivity contribution in [2.75, 3.05) is 5.73 Å². The van der Waals surface area contributed by atoms with Gasteiger partial charge in [0.2, 0.25) is 0 Å². The molecule has 0 spiro atoms. The molecule has 0 fully saturated rings. The number of nitrogens with zero attached hydrogens (tertiary/aromatic N) is 2. The largest absolute Gasteiger partial charge is 0.399 e. The molecule has 0 aliphatic carbocycles. The van der Waals surface area contributed by atoms with Crippen molar-refractivity contribution < 1.29 is 4.79 Å². The first-order chi connectivity index (χ1) is 8.06. The Labute approximate surface area is 100 Å². The molecule has 2 N–H and O–H groups in total. The summed E-state index contributed by atoms with van der Waals surface area (Å²) in [4.78, 5) is 12.0. The molecule has 4 nitrogen and oxygen atoms in total. The third-order valence-electron chi connectivity index (χ3n) is 2.71. The number of aryl methyl sites for hydroxylation is 2. The van der Waals surface area contributed by atoms with Crippen LogP contribution in [0.15, 0.2) is 30.6 Å². The molecular formula is C13H15N3O. The highest BCUT2D eigenvalue weighted by Gasteiger charge is 2.09. The number of anilines is 1.